The molecule has 136 valence electrons. The first-order chi connectivity index (χ1) is 11.6. The third-order valence-electron chi connectivity index (χ3n) is 3.95. The van der Waals surface area contributed by atoms with Crippen molar-refractivity contribution < 1.29 is 18.0 Å². The molecule has 2 aromatic rings. The van der Waals surface area contributed by atoms with Crippen LogP contribution in [0.2, 0.25) is 0 Å². The van der Waals surface area contributed by atoms with E-state index in [1.807, 2.05) is 6.92 Å². The molecule has 0 aliphatic carbocycles. The average Bonchev–Trinajstić information content (AvgIpc) is 3.02. The molecule has 0 saturated carbocycles. The quantitative estimate of drug-likeness (QED) is 0.712. The van der Waals surface area contributed by atoms with Gasteiger partial charge >= 0.3 is 6.18 Å². The van der Waals surface area contributed by atoms with Crippen LogP contribution < -0.4 is 0 Å². The summed E-state index contributed by atoms with van der Waals surface area (Å²) in [6.07, 6.45) is -3.54. The molecule has 0 fully saturated rings. The van der Waals surface area contributed by atoms with Crippen LogP contribution >= 0.6 is 11.3 Å². The zero-order valence-corrected chi connectivity index (χ0v) is 15.4. The Balaban J connectivity index is 2.21. The van der Waals surface area contributed by atoms with Crippen molar-refractivity contribution in [1.82, 2.24) is 9.88 Å². The minimum atomic E-state index is -4.40. The summed E-state index contributed by atoms with van der Waals surface area (Å²) in [6.45, 7) is 6.14. The number of hydrogen-bond acceptors (Lipinski definition) is 3. The lowest BCUT2D eigenvalue weighted by atomic mass is 10.0. The Morgan fingerprint density at radius 1 is 1.28 bits per heavy atom. The van der Waals surface area contributed by atoms with E-state index in [4.69, 9.17) is 0 Å². The number of carbonyl (C=O) groups excluding carboxylic acids is 1. The van der Waals surface area contributed by atoms with Gasteiger partial charge in [-0.3, -0.25) is 4.79 Å². The molecule has 0 spiro atoms. The van der Waals surface area contributed by atoms with Gasteiger partial charge in [-0.15, -0.1) is 11.3 Å². The summed E-state index contributed by atoms with van der Waals surface area (Å²) in [5, 5.41) is 2.00. The molecule has 1 amide bonds. The summed E-state index contributed by atoms with van der Waals surface area (Å²) in [4.78, 5) is 18.4. The molecule has 0 aliphatic heterocycles. The Hall–Kier alpha value is -1.89. The Morgan fingerprint density at radius 2 is 1.96 bits per heavy atom. The number of hydrogen-bond donors (Lipinski definition) is 0. The van der Waals surface area contributed by atoms with Gasteiger partial charge in [0, 0.05) is 24.0 Å². The van der Waals surface area contributed by atoms with Crippen molar-refractivity contribution in [2.45, 2.75) is 39.4 Å². The van der Waals surface area contributed by atoms with Crippen molar-refractivity contribution in [3.05, 3.63) is 40.9 Å². The summed E-state index contributed by atoms with van der Waals surface area (Å²) in [7, 11) is 1.72. The van der Waals surface area contributed by atoms with Crippen LogP contribution in [0.25, 0.3) is 10.6 Å². The molecule has 2 rings (SSSR count). The largest absolute Gasteiger partial charge is 0.416 e. The number of amides is 1. The molecular formula is C18H21F3N2OS. The highest BCUT2D eigenvalue weighted by molar-refractivity contribution is 7.13. The fourth-order valence-electron chi connectivity index (χ4n) is 2.55. The molecule has 1 aromatic heterocycles. The molecule has 3 nitrogen and oxygen atoms in total. The van der Waals surface area contributed by atoms with E-state index in [2.05, 4.69) is 18.8 Å². The van der Waals surface area contributed by atoms with Crippen molar-refractivity contribution in [1.29, 1.82) is 0 Å². The van der Waals surface area contributed by atoms with E-state index in [0.717, 1.165) is 18.6 Å². The zero-order chi connectivity index (χ0) is 18.8. The number of carbonyl (C=O) groups is 1. The maximum atomic E-state index is 12.8. The van der Waals surface area contributed by atoms with Gasteiger partial charge in [-0.05, 0) is 31.4 Å². The molecule has 0 N–H and O–H groups in total. The lowest BCUT2D eigenvalue weighted by Gasteiger charge is -2.25. The predicted octanol–water partition coefficient (Wildman–Crippen LogP) is 5.34. The Kier molecular flexibility index (Phi) is 5.87. The highest BCUT2D eigenvalue weighted by Crippen LogP contribution is 2.33. The lowest BCUT2D eigenvalue weighted by molar-refractivity contribution is -0.137. The molecular weight excluding hydrogens is 349 g/mol. The Labute approximate surface area is 149 Å². The molecule has 0 saturated heterocycles. The average molecular weight is 370 g/mol. The van der Waals surface area contributed by atoms with Crippen LogP contribution in [-0.4, -0.2) is 28.9 Å². The van der Waals surface area contributed by atoms with E-state index in [1.165, 1.54) is 17.4 Å². The molecule has 1 unspecified atom stereocenters. The molecule has 1 heterocycles. The zero-order valence-electron chi connectivity index (χ0n) is 14.6. The van der Waals surface area contributed by atoms with Crippen molar-refractivity contribution >= 4 is 17.2 Å². The van der Waals surface area contributed by atoms with Crippen LogP contribution in [0.1, 0.15) is 43.2 Å². The van der Waals surface area contributed by atoms with Gasteiger partial charge < -0.3 is 4.90 Å². The number of aromatic nitrogens is 1. The maximum Gasteiger partial charge on any atom is 0.416 e. The van der Waals surface area contributed by atoms with Crippen LogP contribution in [0.3, 0.4) is 0 Å². The highest BCUT2D eigenvalue weighted by atomic mass is 32.1. The molecule has 25 heavy (non-hydrogen) atoms. The Bertz CT molecular complexity index is 740. The topological polar surface area (TPSA) is 33.2 Å². The monoisotopic (exact) mass is 370 g/mol. The number of halogens is 3. The van der Waals surface area contributed by atoms with Crippen molar-refractivity contribution in [2.75, 3.05) is 7.05 Å². The number of thiazole rings is 1. The normalized spacial score (nSPS) is 13.1. The van der Waals surface area contributed by atoms with E-state index < -0.39 is 11.7 Å². The third kappa shape index (κ3) is 4.81. The van der Waals surface area contributed by atoms with Gasteiger partial charge in [-0.2, -0.15) is 13.2 Å². The van der Waals surface area contributed by atoms with E-state index in [1.54, 1.807) is 23.4 Å². The number of rotatable bonds is 5. The smallest absolute Gasteiger partial charge is 0.338 e. The van der Waals surface area contributed by atoms with Gasteiger partial charge in [0.15, 0.2) is 0 Å². The first-order valence-corrected chi connectivity index (χ1v) is 8.88. The lowest BCUT2D eigenvalue weighted by Crippen LogP contribution is -2.36. The van der Waals surface area contributed by atoms with Gasteiger partial charge in [-0.25, -0.2) is 4.98 Å². The van der Waals surface area contributed by atoms with Crippen LogP contribution in [0, 0.1) is 5.92 Å². The number of alkyl halides is 3. The van der Waals surface area contributed by atoms with E-state index >= 15 is 0 Å². The molecule has 7 heteroatoms. The van der Waals surface area contributed by atoms with Gasteiger partial charge in [0.25, 0.3) is 5.91 Å². The fourth-order valence-corrected chi connectivity index (χ4v) is 3.35. The second-order valence-corrected chi connectivity index (χ2v) is 7.37. The minimum Gasteiger partial charge on any atom is -0.338 e. The van der Waals surface area contributed by atoms with Gasteiger partial charge in [0.05, 0.1) is 5.56 Å². The molecule has 0 aliphatic rings. The minimum absolute atomic E-state index is 0.0613. The van der Waals surface area contributed by atoms with Crippen molar-refractivity contribution in [3.8, 4) is 10.6 Å². The van der Waals surface area contributed by atoms with E-state index in [-0.39, 0.29) is 17.6 Å². The molecule has 1 aromatic carbocycles. The second-order valence-electron chi connectivity index (χ2n) is 6.51. The Morgan fingerprint density at radius 3 is 2.56 bits per heavy atom. The number of benzene rings is 1. The summed E-state index contributed by atoms with van der Waals surface area (Å²) in [6, 6.07) is 5.04. The van der Waals surface area contributed by atoms with Gasteiger partial charge in [0.1, 0.15) is 10.7 Å². The third-order valence-corrected chi connectivity index (χ3v) is 4.85. The van der Waals surface area contributed by atoms with Crippen LogP contribution in [0.5, 0.6) is 0 Å². The van der Waals surface area contributed by atoms with E-state index in [9.17, 15) is 18.0 Å². The first-order valence-electron chi connectivity index (χ1n) is 8.00. The van der Waals surface area contributed by atoms with Crippen molar-refractivity contribution in [3.63, 3.8) is 0 Å². The summed E-state index contributed by atoms with van der Waals surface area (Å²) < 4.78 is 38.5. The highest BCUT2D eigenvalue weighted by Gasteiger charge is 2.30. The van der Waals surface area contributed by atoms with E-state index in [0.29, 0.717) is 16.5 Å². The summed E-state index contributed by atoms with van der Waals surface area (Å²) in [5.74, 6) is 0.240. The molecule has 1 atom stereocenters. The van der Waals surface area contributed by atoms with Crippen LogP contribution in [-0.2, 0) is 6.18 Å². The number of nitrogens with zero attached hydrogens (tertiary/aromatic N) is 2. The summed E-state index contributed by atoms with van der Waals surface area (Å²) in [5.41, 5.74) is -0.108. The van der Waals surface area contributed by atoms with Crippen LogP contribution in [0.15, 0.2) is 29.6 Å². The molecule has 0 radical (unpaired) electrons. The summed E-state index contributed by atoms with van der Waals surface area (Å²) >= 11 is 1.17. The standard InChI is InChI=1S/C18H21F3N2OS/c1-11(2)8-12(3)23(4)17(24)15-10-25-16(22-15)13-6-5-7-14(9-13)18(19,20)21/h5-7,9-12H,8H2,1-4H3. The SMILES string of the molecule is CC(C)CC(C)N(C)C(=O)c1csc(-c2cccc(C(F)(F)F)c2)n1. The predicted molar refractivity (Wildman–Crippen MR) is 93.6 cm³/mol. The van der Waals surface area contributed by atoms with Crippen LogP contribution in [0.4, 0.5) is 13.2 Å². The maximum absolute atomic E-state index is 12.8. The van der Waals surface area contributed by atoms with Gasteiger partial charge in [0.2, 0.25) is 0 Å². The first kappa shape index (κ1) is 19.4. The molecule has 0 bridgehead atoms. The fraction of sp³-hybridized carbons (Fsp3) is 0.444. The second kappa shape index (κ2) is 7.56. The van der Waals surface area contributed by atoms with Crippen molar-refractivity contribution in [2.24, 2.45) is 5.92 Å². The van der Waals surface area contributed by atoms with Gasteiger partial charge in [-0.1, -0.05) is 26.0 Å².